The maximum absolute atomic E-state index is 12.5. The zero-order valence-corrected chi connectivity index (χ0v) is 15.3. The van der Waals surface area contributed by atoms with Crippen LogP contribution >= 0.6 is 0 Å². The molecule has 1 N–H and O–H groups in total. The minimum absolute atomic E-state index is 0.0419. The van der Waals surface area contributed by atoms with Crippen molar-refractivity contribution in [3.63, 3.8) is 0 Å². The monoisotopic (exact) mass is 353 g/mol. The first-order valence-corrected chi connectivity index (χ1v) is 8.51. The Morgan fingerprint density at radius 1 is 1.04 bits per heavy atom. The Balaban J connectivity index is 1.84. The quantitative estimate of drug-likeness (QED) is 0.809. The summed E-state index contributed by atoms with van der Waals surface area (Å²) in [6.07, 6.45) is 2.89. The number of fused-ring (bicyclic) bond motifs is 1. The van der Waals surface area contributed by atoms with Gasteiger partial charge < -0.3 is 19.5 Å². The molecule has 1 aliphatic rings. The van der Waals surface area contributed by atoms with E-state index in [9.17, 15) is 4.79 Å². The molecule has 0 fully saturated rings. The van der Waals surface area contributed by atoms with E-state index in [1.54, 1.807) is 27.4 Å². The highest BCUT2D eigenvalue weighted by atomic mass is 16.5. The third kappa shape index (κ3) is 3.82. The van der Waals surface area contributed by atoms with Crippen LogP contribution in [0.2, 0.25) is 0 Å². The molecule has 2 aromatic rings. The standard InChI is InChI=1S/C21H23NO4/c1-24-17-6-4-14(5-7-17)10-16(23)12-19-18-13-21(26-3)20(25-2)11-15(18)8-9-22-19/h4-7,11-13,22H,8-10H2,1-3H3. The molecule has 0 bridgehead atoms. The van der Waals surface area contributed by atoms with Crippen LogP contribution < -0.4 is 19.5 Å². The predicted molar refractivity (Wildman–Crippen MR) is 101 cm³/mol. The molecule has 0 radical (unpaired) electrons. The van der Waals surface area contributed by atoms with Crippen molar-refractivity contribution >= 4 is 11.5 Å². The van der Waals surface area contributed by atoms with Gasteiger partial charge in [0.2, 0.25) is 0 Å². The second-order valence-corrected chi connectivity index (χ2v) is 6.09. The van der Waals surface area contributed by atoms with Gasteiger partial charge in [-0.2, -0.15) is 0 Å². The Labute approximate surface area is 153 Å². The summed E-state index contributed by atoms with van der Waals surface area (Å²) in [4.78, 5) is 12.5. The fraction of sp³-hybridized carbons (Fsp3) is 0.286. The summed E-state index contributed by atoms with van der Waals surface area (Å²) in [5.41, 5.74) is 3.91. The molecule has 5 nitrogen and oxygen atoms in total. The van der Waals surface area contributed by atoms with Crippen molar-refractivity contribution in [1.82, 2.24) is 5.32 Å². The number of carbonyl (C=O) groups excluding carboxylic acids is 1. The molecule has 5 heteroatoms. The summed E-state index contributed by atoms with van der Waals surface area (Å²) in [5, 5.41) is 3.32. The van der Waals surface area contributed by atoms with E-state index in [2.05, 4.69) is 5.32 Å². The molecule has 2 aromatic carbocycles. The van der Waals surface area contributed by atoms with Gasteiger partial charge >= 0.3 is 0 Å². The molecule has 3 rings (SSSR count). The van der Waals surface area contributed by atoms with Crippen LogP contribution in [-0.2, 0) is 17.6 Å². The highest BCUT2D eigenvalue weighted by molar-refractivity contribution is 5.98. The molecule has 0 saturated heterocycles. The lowest BCUT2D eigenvalue weighted by Gasteiger charge is -2.23. The molecular formula is C21H23NO4. The lowest BCUT2D eigenvalue weighted by molar-refractivity contribution is -0.114. The smallest absolute Gasteiger partial charge is 0.162 e. The van der Waals surface area contributed by atoms with Gasteiger partial charge in [0.1, 0.15) is 5.75 Å². The van der Waals surface area contributed by atoms with Crippen LogP contribution in [0.1, 0.15) is 16.7 Å². The van der Waals surface area contributed by atoms with E-state index < -0.39 is 0 Å². The number of rotatable bonds is 6. The molecule has 26 heavy (non-hydrogen) atoms. The first-order chi connectivity index (χ1) is 12.6. The van der Waals surface area contributed by atoms with Crippen LogP contribution in [0.3, 0.4) is 0 Å². The Hall–Kier alpha value is -2.95. The fourth-order valence-electron chi connectivity index (χ4n) is 3.09. The Bertz CT molecular complexity index is 825. The summed E-state index contributed by atoms with van der Waals surface area (Å²) < 4.78 is 15.9. The van der Waals surface area contributed by atoms with Crippen molar-refractivity contribution in [3.8, 4) is 17.2 Å². The molecule has 1 aliphatic heterocycles. The number of hydrogen-bond acceptors (Lipinski definition) is 5. The molecule has 0 atom stereocenters. The van der Waals surface area contributed by atoms with Gasteiger partial charge in [-0.05, 0) is 41.8 Å². The topological polar surface area (TPSA) is 56.8 Å². The zero-order chi connectivity index (χ0) is 18.5. The van der Waals surface area contributed by atoms with Gasteiger partial charge in [-0.1, -0.05) is 12.1 Å². The maximum Gasteiger partial charge on any atom is 0.162 e. The van der Waals surface area contributed by atoms with Crippen molar-refractivity contribution in [2.45, 2.75) is 12.8 Å². The van der Waals surface area contributed by atoms with Crippen LogP contribution in [0.15, 0.2) is 42.5 Å². The minimum Gasteiger partial charge on any atom is -0.497 e. The SMILES string of the molecule is COc1ccc(CC(=O)C=C2NCCc3cc(OC)c(OC)cc32)cc1. The molecular weight excluding hydrogens is 330 g/mol. The van der Waals surface area contributed by atoms with Crippen molar-refractivity contribution in [2.75, 3.05) is 27.9 Å². The van der Waals surface area contributed by atoms with E-state index in [1.165, 1.54) is 0 Å². The number of benzene rings is 2. The second kappa shape index (κ2) is 7.95. The molecule has 0 amide bonds. The van der Waals surface area contributed by atoms with E-state index in [0.717, 1.165) is 41.1 Å². The number of ether oxygens (including phenoxy) is 3. The second-order valence-electron chi connectivity index (χ2n) is 6.09. The normalized spacial score (nSPS) is 14.3. The maximum atomic E-state index is 12.5. The summed E-state index contributed by atoms with van der Waals surface area (Å²) in [6.45, 7) is 0.782. The number of allylic oxidation sites excluding steroid dienone is 1. The van der Waals surface area contributed by atoms with Gasteiger partial charge in [-0.3, -0.25) is 4.79 Å². The molecule has 136 valence electrons. The number of ketones is 1. The summed E-state index contributed by atoms with van der Waals surface area (Å²) in [7, 11) is 4.86. The first kappa shape index (κ1) is 17.9. The van der Waals surface area contributed by atoms with E-state index >= 15 is 0 Å². The van der Waals surface area contributed by atoms with Gasteiger partial charge in [-0.15, -0.1) is 0 Å². The van der Waals surface area contributed by atoms with E-state index in [4.69, 9.17) is 14.2 Å². The Kier molecular flexibility index (Phi) is 5.46. The van der Waals surface area contributed by atoms with Gasteiger partial charge in [0.05, 0.1) is 21.3 Å². The largest absolute Gasteiger partial charge is 0.497 e. The van der Waals surface area contributed by atoms with Crippen LogP contribution in [0, 0.1) is 0 Å². The lowest BCUT2D eigenvalue weighted by atomic mass is 9.95. The number of nitrogens with one attached hydrogen (secondary N) is 1. The van der Waals surface area contributed by atoms with E-state index in [0.29, 0.717) is 17.9 Å². The third-order valence-corrected chi connectivity index (χ3v) is 4.45. The number of methoxy groups -OCH3 is 3. The van der Waals surface area contributed by atoms with Crippen molar-refractivity contribution < 1.29 is 19.0 Å². The van der Waals surface area contributed by atoms with E-state index in [1.807, 2.05) is 36.4 Å². The van der Waals surface area contributed by atoms with Crippen LogP contribution in [0.4, 0.5) is 0 Å². The third-order valence-electron chi connectivity index (χ3n) is 4.45. The fourth-order valence-corrected chi connectivity index (χ4v) is 3.09. The first-order valence-electron chi connectivity index (χ1n) is 8.51. The number of carbonyl (C=O) groups is 1. The van der Waals surface area contributed by atoms with Gasteiger partial charge in [0, 0.05) is 30.3 Å². The van der Waals surface area contributed by atoms with Crippen LogP contribution in [-0.4, -0.2) is 33.7 Å². The molecule has 0 aromatic heterocycles. The highest BCUT2D eigenvalue weighted by Gasteiger charge is 2.18. The summed E-state index contributed by atoms with van der Waals surface area (Å²) >= 11 is 0. The van der Waals surface area contributed by atoms with Crippen molar-refractivity contribution in [1.29, 1.82) is 0 Å². The zero-order valence-electron chi connectivity index (χ0n) is 15.3. The van der Waals surface area contributed by atoms with Crippen LogP contribution in [0.25, 0.3) is 5.70 Å². The molecule has 0 saturated carbocycles. The molecule has 0 aliphatic carbocycles. The van der Waals surface area contributed by atoms with Crippen molar-refractivity contribution in [3.05, 3.63) is 59.2 Å². The lowest BCUT2D eigenvalue weighted by Crippen LogP contribution is -2.23. The average Bonchev–Trinajstić information content (AvgIpc) is 2.67. The van der Waals surface area contributed by atoms with Crippen LogP contribution in [0.5, 0.6) is 17.2 Å². The summed E-state index contributed by atoms with van der Waals surface area (Å²) in [6, 6.07) is 11.4. The highest BCUT2D eigenvalue weighted by Crippen LogP contribution is 2.34. The Morgan fingerprint density at radius 2 is 1.73 bits per heavy atom. The van der Waals surface area contributed by atoms with E-state index in [-0.39, 0.29) is 5.78 Å². The molecule has 1 heterocycles. The minimum atomic E-state index is 0.0419. The van der Waals surface area contributed by atoms with Gasteiger partial charge in [0.15, 0.2) is 17.3 Å². The van der Waals surface area contributed by atoms with Gasteiger partial charge in [-0.25, -0.2) is 0 Å². The Morgan fingerprint density at radius 3 is 2.38 bits per heavy atom. The number of hydrogen-bond donors (Lipinski definition) is 1. The van der Waals surface area contributed by atoms with Crippen molar-refractivity contribution in [2.24, 2.45) is 0 Å². The molecule has 0 spiro atoms. The predicted octanol–water partition coefficient (Wildman–Crippen LogP) is 3.01. The molecule has 0 unspecified atom stereocenters. The average molecular weight is 353 g/mol. The summed E-state index contributed by atoms with van der Waals surface area (Å²) in [5.74, 6) is 2.18. The van der Waals surface area contributed by atoms with Gasteiger partial charge in [0.25, 0.3) is 0 Å².